The van der Waals surface area contributed by atoms with Gasteiger partial charge in [-0.1, -0.05) is 42.5 Å². The number of Topliss-reactive ketones (excluding diaryl/α,β-unsaturated/α-hetero) is 1. The van der Waals surface area contributed by atoms with E-state index in [9.17, 15) is 24.8 Å². The predicted octanol–water partition coefficient (Wildman–Crippen LogP) is 4.27. The number of rotatable bonds is 6. The van der Waals surface area contributed by atoms with Crippen LogP contribution in [0.1, 0.15) is 33.5 Å². The van der Waals surface area contributed by atoms with Crippen LogP contribution >= 0.6 is 0 Å². The summed E-state index contributed by atoms with van der Waals surface area (Å²) in [6, 6.07) is 16.8. The second-order valence-corrected chi connectivity index (χ2v) is 7.17. The molecular weight excluding hydrogens is 400 g/mol. The Labute approximate surface area is 177 Å². The summed E-state index contributed by atoms with van der Waals surface area (Å²) >= 11 is 0. The molecule has 2 heterocycles. The highest BCUT2D eigenvalue weighted by atomic mass is 16.6. The highest BCUT2D eigenvalue weighted by molar-refractivity contribution is 6.15. The number of aliphatic hydroxyl groups excluding tert-OH is 1. The summed E-state index contributed by atoms with van der Waals surface area (Å²) in [5, 5.41) is 21.9. The number of ketones is 1. The van der Waals surface area contributed by atoms with Crippen molar-refractivity contribution in [2.45, 2.75) is 19.5 Å². The van der Waals surface area contributed by atoms with Gasteiger partial charge in [-0.25, -0.2) is 0 Å². The van der Waals surface area contributed by atoms with E-state index in [-0.39, 0.29) is 23.6 Å². The van der Waals surface area contributed by atoms with E-state index < -0.39 is 28.4 Å². The lowest BCUT2D eigenvalue weighted by Gasteiger charge is -2.26. The number of carbonyl (C=O) groups excluding carboxylic acids is 2. The molecule has 8 heteroatoms. The quantitative estimate of drug-likeness (QED) is 0.363. The van der Waals surface area contributed by atoms with Gasteiger partial charge in [-0.2, -0.15) is 0 Å². The third-order valence-corrected chi connectivity index (χ3v) is 5.10. The number of amides is 1. The molecule has 0 aliphatic carbocycles. The van der Waals surface area contributed by atoms with Crippen LogP contribution < -0.4 is 0 Å². The molecule has 8 nitrogen and oxygen atoms in total. The Kier molecular flexibility index (Phi) is 5.12. The van der Waals surface area contributed by atoms with Gasteiger partial charge in [-0.15, -0.1) is 0 Å². The third kappa shape index (κ3) is 3.71. The first-order chi connectivity index (χ1) is 14.9. The van der Waals surface area contributed by atoms with Crippen molar-refractivity contribution in [3.63, 3.8) is 0 Å². The van der Waals surface area contributed by atoms with Crippen LogP contribution in [0, 0.1) is 17.0 Å². The summed E-state index contributed by atoms with van der Waals surface area (Å²) in [5.74, 6) is -1.59. The van der Waals surface area contributed by atoms with E-state index in [0.29, 0.717) is 11.3 Å². The van der Waals surface area contributed by atoms with Gasteiger partial charge in [0.2, 0.25) is 5.78 Å². The van der Waals surface area contributed by atoms with E-state index in [4.69, 9.17) is 4.42 Å². The van der Waals surface area contributed by atoms with Crippen LogP contribution in [-0.4, -0.2) is 26.6 Å². The van der Waals surface area contributed by atoms with Crippen LogP contribution in [0.2, 0.25) is 0 Å². The molecule has 0 saturated carbocycles. The molecule has 4 rings (SSSR count). The molecule has 0 bridgehead atoms. The van der Waals surface area contributed by atoms with Crippen molar-refractivity contribution in [2.75, 3.05) is 0 Å². The number of aryl methyl sites for hydroxylation is 1. The Morgan fingerprint density at radius 3 is 2.52 bits per heavy atom. The van der Waals surface area contributed by atoms with Crippen molar-refractivity contribution in [1.29, 1.82) is 0 Å². The highest BCUT2D eigenvalue weighted by Gasteiger charge is 2.44. The van der Waals surface area contributed by atoms with Crippen molar-refractivity contribution in [3.8, 4) is 0 Å². The molecule has 3 aromatic rings. The molecule has 1 N–H and O–H groups in total. The van der Waals surface area contributed by atoms with Crippen LogP contribution in [0.25, 0.3) is 0 Å². The number of hydrogen-bond acceptors (Lipinski definition) is 6. The third-order valence-electron chi connectivity index (χ3n) is 5.10. The van der Waals surface area contributed by atoms with Gasteiger partial charge < -0.3 is 14.4 Å². The minimum absolute atomic E-state index is 0.0242. The largest absolute Gasteiger partial charge is 0.503 e. The average Bonchev–Trinajstić information content (AvgIpc) is 3.31. The van der Waals surface area contributed by atoms with Crippen LogP contribution in [0.4, 0.5) is 5.69 Å². The maximum Gasteiger partial charge on any atom is 0.290 e. The number of benzene rings is 2. The summed E-state index contributed by atoms with van der Waals surface area (Å²) in [6.07, 6.45) is 0. The van der Waals surface area contributed by atoms with E-state index in [1.807, 2.05) is 30.3 Å². The van der Waals surface area contributed by atoms with Crippen molar-refractivity contribution >= 4 is 17.4 Å². The Morgan fingerprint density at radius 2 is 1.87 bits per heavy atom. The molecule has 156 valence electrons. The van der Waals surface area contributed by atoms with E-state index in [2.05, 4.69) is 0 Å². The van der Waals surface area contributed by atoms with E-state index in [1.54, 1.807) is 19.1 Å². The molecule has 0 spiro atoms. The fourth-order valence-corrected chi connectivity index (χ4v) is 3.67. The van der Waals surface area contributed by atoms with Gasteiger partial charge in [0.1, 0.15) is 5.76 Å². The summed E-state index contributed by atoms with van der Waals surface area (Å²) in [7, 11) is 0. The SMILES string of the molecule is Cc1ccc(C(=O)C2=C(O)C(=O)N(Cc3ccccc3)C2c2cccc([N+](=O)[O-])c2)o1. The normalized spacial score (nSPS) is 16.1. The zero-order valence-corrected chi connectivity index (χ0v) is 16.5. The second kappa shape index (κ2) is 7.91. The maximum absolute atomic E-state index is 13.2. The van der Waals surface area contributed by atoms with Crippen LogP contribution in [0.3, 0.4) is 0 Å². The second-order valence-electron chi connectivity index (χ2n) is 7.17. The molecule has 31 heavy (non-hydrogen) atoms. The number of aliphatic hydroxyl groups is 1. The van der Waals surface area contributed by atoms with Crippen LogP contribution in [0.5, 0.6) is 0 Å². The zero-order valence-electron chi connectivity index (χ0n) is 16.5. The lowest BCUT2D eigenvalue weighted by molar-refractivity contribution is -0.384. The Hall–Kier alpha value is -4.20. The van der Waals surface area contributed by atoms with Gasteiger partial charge in [-0.3, -0.25) is 19.7 Å². The number of carbonyl (C=O) groups is 2. The Bertz CT molecular complexity index is 1210. The van der Waals surface area contributed by atoms with Crippen LogP contribution in [0.15, 0.2) is 82.5 Å². The average molecular weight is 418 g/mol. The van der Waals surface area contributed by atoms with Crippen LogP contribution in [-0.2, 0) is 11.3 Å². The minimum atomic E-state index is -1.01. The van der Waals surface area contributed by atoms with Gasteiger partial charge >= 0.3 is 0 Å². The number of nitro groups is 1. The zero-order chi connectivity index (χ0) is 22.1. The van der Waals surface area contributed by atoms with Crippen molar-refractivity contribution < 1.29 is 24.0 Å². The monoisotopic (exact) mass is 418 g/mol. The van der Waals surface area contributed by atoms with E-state index in [0.717, 1.165) is 5.56 Å². The van der Waals surface area contributed by atoms with E-state index >= 15 is 0 Å². The standard InChI is InChI=1S/C23H18N2O6/c1-14-10-11-18(31-14)21(26)19-20(16-8-5-9-17(12-16)25(29)30)24(23(28)22(19)27)13-15-6-3-2-4-7-15/h2-12,20,27H,13H2,1H3. The first-order valence-corrected chi connectivity index (χ1v) is 9.50. The van der Waals surface area contributed by atoms with Gasteiger partial charge in [0.05, 0.1) is 16.5 Å². The Balaban J connectivity index is 1.83. The molecule has 1 aliphatic heterocycles. The lowest BCUT2D eigenvalue weighted by Crippen LogP contribution is -2.30. The predicted molar refractivity (Wildman–Crippen MR) is 110 cm³/mol. The number of nitro benzene ring substituents is 1. The number of hydrogen-bond donors (Lipinski definition) is 1. The molecular formula is C23H18N2O6. The summed E-state index contributed by atoms with van der Waals surface area (Å²) in [4.78, 5) is 38.2. The molecule has 1 amide bonds. The number of furan rings is 1. The molecule has 0 radical (unpaired) electrons. The molecule has 1 aliphatic rings. The molecule has 0 saturated heterocycles. The summed E-state index contributed by atoms with van der Waals surface area (Å²) in [5.41, 5.74) is 0.767. The highest BCUT2D eigenvalue weighted by Crippen LogP contribution is 2.40. The first-order valence-electron chi connectivity index (χ1n) is 9.50. The topological polar surface area (TPSA) is 114 Å². The maximum atomic E-state index is 13.2. The Morgan fingerprint density at radius 1 is 1.13 bits per heavy atom. The van der Waals surface area contributed by atoms with Gasteiger partial charge in [0.15, 0.2) is 11.5 Å². The smallest absolute Gasteiger partial charge is 0.290 e. The molecule has 0 fully saturated rings. The van der Waals surface area contributed by atoms with Gasteiger partial charge in [0.25, 0.3) is 11.6 Å². The molecule has 1 aromatic heterocycles. The molecule has 1 atom stereocenters. The van der Waals surface area contributed by atoms with Gasteiger partial charge in [0, 0.05) is 18.7 Å². The van der Waals surface area contributed by atoms with Crippen molar-refractivity contribution in [3.05, 3.63) is 111 Å². The molecule has 1 unspecified atom stereocenters. The number of nitrogens with zero attached hydrogens (tertiary/aromatic N) is 2. The first kappa shape index (κ1) is 20.1. The fraction of sp³-hybridized carbons (Fsp3) is 0.130. The number of non-ortho nitro benzene ring substituents is 1. The van der Waals surface area contributed by atoms with Crippen molar-refractivity contribution in [2.24, 2.45) is 0 Å². The summed E-state index contributed by atoms with van der Waals surface area (Å²) < 4.78 is 5.41. The van der Waals surface area contributed by atoms with Crippen molar-refractivity contribution in [1.82, 2.24) is 4.90 Å². The minimum Gasteiger partial charge on any atom is -0.503 e. The lowest BCUT2D eigenvalue weighted by atomic mass is 9.94. The summed E-state index contributed by atoms with van der Waals surface area (Å²) in [6.45, 7) is 1.77. The van der Waals surface area contributed by atoms with Gasteiger partial charge in [-0.05, 0) is 30.2 Å². The molecule has 2 aromatic carbocycles. The fourth-order valence-electron chi connectivity index (χ4n) is 3.67. The van der Waals surface area contributed by atoms with E-state index in [1.165, 1.54) is 29.2 Å².